The fourth-order valence-corrected chi connectivity index (χ4v) is 3.73. The molecule has 4 aromatic rings. The van der Waals surface area contributed by atoms with Gasteiger partial charge in [0.05, 0.1) is 5.41 Å². The molecule has 0 aliphatic heterocycles. The number of para-hydroxylation sites is 1. The van der Waals surface area contributed by atoms with E-state index in [1.54, 1.807) is 6.08 Å². The molecule has 1 atom stereocenters. The molecule has 1 unspecified atom stereocenters. The molecule has 174 valence electrons. The van der Waals surface area contributed by atoms with Gasteiger partial charge in [-0.25, -0.2) is 0 Å². The Morgan fingerprint density at radius 2 is 0.857 bits per heavy atom. The second-order valence-electron chi connectivity index (χ2n) is 8.63. The molecule has 0 saturated carbocycles. The molecule has 0 aliphatic carbocycles. The molecule has 0 radical (unpaired) electrons. The van der Waals surface area contributed by atoms with Crippen molar-refractivity contribution in [2.45, 2.75) is 12.7 Å². The Morgan fingerprint density at radius 1 is 0.514 bits per heavy atom. The number of aliphatic hydroxyl groups is 1. The fraction of sp³-hybridized carbons (Fsp3) is 0.0909. The third-order valence-electron chi connectivity index (χ3n) is 5.93. The summed E-state index contributed by atoms with van der Waals surface area (Å²) >= 11 is 0. The lowest BCUT2D eigenvalue weighted by molar-refractivity contribution is -0.145. The fourth-order valence-electron chi connectivity index (χ4n) is 3.73. The maximum absolute atomic E-state index is 12.2. The Hall–Kier alpha value is -4.14. The van der Waals surface area contributed by atoms with Gasteiger partial charge >= 0.3 is 0 Å². The van der Waals surface area contributed by atoms with Gasteiger partial charge in [0.15, 0.2) is 0 Å². The van der Waals surface area contributed by atoms with Crippen LogP contribution in [-0.2, 0) is 0 Å². The molecule has 0 amide bonds. The average Bonchev–Trinajstić information content (AvgIpc) is 2.92. The summed E-state index contributed by atoms with van der Waals surface area (Å²) in [7, 11) is 0. The molecule has 0 saturated heterocycles. The molecular weight excluding hydrogens is 428 g/mol. The van der Waals surface area contributed by atoms with Crippen molar-refractivity contribution in [3.8, 4) is 5.75 Å². The molecule has 0 aliphatic rings. The van der Waals surface area contributed by atoms with E-state index in [0.717, 1.165) is 16.7 Å². The first-order valence-electron chi connectivity index (χ1n) is 11.8. The molecular formula is C33H30O2. The number of hydrogen-bond donors (Lipinski definition) is 1. The van der Waals surface area contributed by atoms with E-state index in [0.29, 0.717) is 5.75 Å². The van der Waals surface area contributed by atoms with E-state index in [1.807, 2.05) is 159 Å². The summed E-state index contributed by atoms with van der Waals surface area (Å²) in [5, 5.41) is 12.2. The highest BCUT2D eigenvalue weighted by molar-refractivity contribution is 5.57. The number of ether oxygens (including phenoxy) is 1. The van der Waals surface area contributed by atoms with E-state index in [2.05, 4.69) is 0 Å². The number of benzene rings is 4. The monoisotopic (exact) mass is 458 g/mol. The van der Waals surface area contributed by atoms with Crippen molar-refractivity contribution in [3.05, 3.63) is 156 Å². The van der Waals surface area contributed by atoms with Gasteiger partial charge in [-0.05, 0) is 41.8 Å². The normalized spacial score (nSPS) is 15.3. The summed E-state index contributed by atoms with van der Waals surface area (Å²) in [6, 6.07) is 39.5. The number of rotatable bonds is 9. The van der Waals surface area contributed by atoms with Crippen LogP contribution in [-0.4, -0.2) is 10.9 Å². The van der Waals surface area contributed by atoms with E-state index in [1.165, 1.54) is 0 Å². The third-order valence-corrected chi connectivity index (χ3v) is 5.93. The highest BCUT2D eigenvalue weighted by Gasteiger charge is 2.44. The summed E-state index contributed by atoms with van der Waals surface area (Å²) in [4.78, 5) is 0. The van der Waals surface area contributed by atoms with Crippen LogP contribution >= 0.6 is 0 Å². The van der Waals surface area contributed by atoms with Crippen LogP contribution < -0.4 is 4.74 Å². The minimum Gasteiger partial charge on any atom is -0.458 e. The van der Waals surface area contributed by atoms with Gasteiger partial charge in [0.2, 0.25) is 5.79 Å². The van der Waals surface area contributed by atoms with E-state index in [4.69, 9.17) is 4.74 Å². The van der Waals surface area contributed by atoms with Crippen molar-refractivity contribution in [2.24, 2.45) is 5.41 Å². The van der Waals surface area contributed by atoms with Crippen molar-refractivity contribution in [2.75, 3.05) is 0 Å². The molecule has 4 aromatic carbocycles. The van der Waals surface area contributed by atoms with Crippen LogP contribution in [0.15, 0.2) is 140 Å². The van der Waals surface area contributed by atoms with Crippen LogP contribution in [0, 0.1) is 5.41 Å². The van der Waals surface area contributed by atoms with Gasteiger partial charge in [-0.15, -0.1) is 0 Å². The largest absolute Gasteiger partial charge is 0.458 e. The number of hydrogen-bond acceptors (Lipinski definition) is 2. The molecule has 2 nitrogen and oxygen atoms in total. The molecule has 0 fully saturated rings. The van der Waals surface area contributed by atoms with Crippen molar-refractivity contribution in [1.82, 2.24) is 0 Å². The minimum absolute atomic E-state index is 0.583. The second kappa shape index (κ2) is 11.3. The van der Waals surface area contributed by atoms with E-state index >= 15 is 0 Å². The molecule has 1 N–H and O–H groups in total. The zero-order chi connectivity index (χ0) is 24.4. The predicted octanol–water partition coefficient (Wildman–Crippen LogP) is 7.90. The Morgan fingerprint density at radius 3 is 1.26 bits per heavy atom. The van der Waals surface area contributed by atoms with Gasteiger partial charge in [0, 0.05) is 0 Å². The lowest BCUT2D eigenvalue weighted by Crippen LogP contribution is -2.47. The molecule has 0 spiro atoms. The Bertz CT molecular complexity index is 1210. The van der Waals surface area contributed by atoms with Crippen LogP contribution in [0.5, 0.6) is 5.75 Å². The standard InChI is InChI=1S/C33H30O2/c1-32(25-22-28-14-6-2-7-15-28,26-23-29-16-8-3-9-17-29)33(34,35-31-20-12-5-13-21-31)27-24-30-18-10-4-11-19-30/h2-27,34H,1H3. The molecule has 35 heavy (non-hydrogen) atoms. The maximum Gasteiger partial charge on any atom is 0.240 e. The Kier molecular flexibility index (Phi) is 7.77. The summed E-state index contributed by atoms with van der Waals surface area (Å²) in [5.74, 6) is -1.10. The summed E-state index contributed by atoms with van der Waals surface area (Å²) in [6.07, 6.45) is 11.7. The molecule has 2 heteroatoms. The van der Waals surface area contributed by atoms with Crippen molar-refractivity contribution in [1.29, 1.82) is 0 Å². The molecule has 0 bridgehead atoms. The van der Waals surface area contributed by atoms with E-state index in [-0.39, 0.29) is 0 Å². The summed E-state index contributed by atoms with van der Waals surface area (Å²) in [6.45, 7) is 1.98. The van der Waals surface area contributed by atoms with Crippen LogP contribution in [0.2, 0.25) is 0 Å². The van der Waals surface area contributed by atoms with Crippen molar-refractivity contribution in [3.63, 3.8) is 0 Å². The zero-order valence-electron chi connectivity index (χ0n) is 19.9. The maximum atomic E-state index is 12.2. The van der Waals surface area contributed by atoms with Crippen molar-refractivity contribution >= 4 is 18.2 Å². The van der Waals surface area contributed by atoms with Crippen LogP contribution in [0.3, 0.4) is 0 Å². The first-order valence-corrected chi connectivity index (χ1v) is 11.8. The highest BCUT2D eigenvalue weighted by Crippen LogP contribution is 2.39. The molecule has 4 rings (SSSR count). The lowest BCUT2D eigenvalue weighted by Gasteiger charge is -2.39. The first-order chi connectivity index (χ1) is 17.1. The topological polar surface area (TPSA) is 29.5 Å². The van der Waals surface area contributed by atoms with Gasteiger partial charge in [-0.3, -0.25) is 0 Å². The van der Waals surface area contributed by atoms with Gasteiger partial charge in [-0.1, -0.05) is 140 Å². The summed E-state index contributed by atoms with van der Waals surface area (Å²) < 4.78 is 6.33. The van der Waals surface area contributed by atoms with Crippen LogP contribution in [0.4, 0.5) is 0 Å². The summed E-state index contributed by atoms with van der Waals surface area (Å²) in [5.41, 5.74) is 2.14. The Balaban J connectivity index is 1.80. The first kappa shape index (κ1) is 24.0. The zero-order valence-corrected chi connectivity index (χ0v) is 19.9. The van der Waals surface area contributed by atoms with Crippen LogP contribution in [0.25, 0.3) is 18.2 Å². The lowest BCUT2D eigenvalue weighted by atomic mass is 9.78. The van der Waals surface area contributed by atoms with E-state index < -0.39 is 11.2 Å². The second-order valence-corrected chi connectivity index (χ2v) is 8.63. The predicted molar refractivity (Wildman–Crippen MR) is 147 cm³/mol. The highest BCUT2D eigenvalue weighted by atomic mass is 16.6. The molecule has 0 aromatic heterocycles. The SMILES string of the molecule is CC(C=Cc1ccccc1)(C=Cc1ccccc1)C(O)(C=Cc1ccccc1)Oc1ccccc1. The van der Waals surface area contributed by atoms with Gasteiger partial charge in [0.25, 0.3) is 0 Å². The van der Waals surface area contributed by atoms with E-state index in [9.17, 15) is 5.11 Å². The van der Waals surface area contributed by atoms with Crippen molar-refractivity contribution < 1.29 is 9.84 Å². The smallest absolute Gasteiger partial charge is 0.240 e. The van der Waals surface area contributed by atoms with Gasteiger partial charge in [-0.2, -0.15) is 0 Å². The molecule has 0 heterocycles. The average molecular weight is 459 g/mol. The van der Waals surface area contributed by atoms with Gasteiger partial charge in [0.1, 0.15) is 5.75 Å². The minimum atomic E-state index is -1.68. The Labute approximate surface area is 208 Å². The third kappa shape index (κ3) is 6.47. The van der Waals surface area contributed by atoms with Crippen LogP contribution in [0.1, 0.15) is 23.6 Å². The quantitative estimate of drug-likeness (QED) is 0.258. The van der Waals surface area contributed by atoms with Gasteiger partial charge < -0.3 is 9.84 Å².